The van der Waals surface area contributed by atoms with Gasteiger partial charge in [-0.15, -0.1) is 10.2 Å². The standard InChI is InChI=1S/C31H36N6O3S/c1-5-36(6-2)31(38)23-13-15-25(16-14-23)32-30-27-10-8-7-9-26(27)29(33-34-30)24-12-11-22(3)28(21-24)41(39,40)37-19-17-35(4)18-20-37/h7-16,21H,5-6,17-20H2,1-4H3,(H,32,34). The van der Waals surface area contributed by atoms with Crippen LogP contribution >= 0.6 is 0 Å². The number of likely N-dealkylation sites (N-methyl/N-ethyl adjacent to an activating group) is 1. The maximum atomic E-state index is 13.6. The average molecular weight is 573 g/mol. The molecule has 5 rings (SSSR count). The summed E-state index contributed by atoms with van der Waals surface area (Å²) in [7, 11) is -1.65. The zero-order chi connectivity index (χ0) is 29.1. The van der Waals surface area contributed by atoms with Gasteiger partial charge in [0.2, 0.25) is 10.0 Å². The van der Waals surface area contributed by atoms with Gasteiger partial charge in [-0.25, -0.2) is 8.42 Å². The van der Waals surface area contributed by atoms with Gasteiger partial charge in [0.1, 0.15) is 5.69 Å². The molecular formula is C31H36N6O3S. The molecule has 0 radical (unpaired) electrons. The molecule has 0 spiro atoms. The van der Waals surface area contributed by atoms with Crippen molar-refractivity contribution in [1.82, 2.24) is 24.3 Å². The molecule has 10 heteroatoms. The fourth-order valence-electron chi connectivity index (χ4n) is 5.13. The van der Waals surface area contributed by atoms with E-state index in [1.165, 1.54) is 0 Å². The molecule has 4 aromatic rings. The van der Waals surface area contributed by atoms with Gasteiger partial charge in [-0.2, -0.15) is 4.31 Å². The predicted octanol–water partition coefficient (Wildman–Crippen LogP) is 4.77. The second-order valence-electron chi connectivity index (χ2n) is 10.3. The zero-order valence-electron chi connectivity index (χ0n) is 24.0. The molecule has 0 saturated carbocycles. The third kappa shape index (κ3) is 5.81. The van der Waals surface area contributed by atoms with Crippen molar-refractivity contribution < 1.29 is 13.2 Å². The molecule has 1 aliphatic heterocycles. The molecule has 3 aromatic carbocycles. The Morgan fingerprint density at radius 3 is 2.22 bits per heavy atom. The van der Waals surface area contributed by atoms with Crippen molar-refractivity contribution in [3.05, 3.63) is 77.9 Å². The Bertz CT molecular complexity index is 1660. The minimum Gasteiger partial charge on any atom is -0.339 e. The van der Waals surface area contributed by atoms with E-state index in [2.05, 4.69) is 20.4 Å². The number of amides is 1. The highest BCUT2D eigenvalue weighted by atomic mass is 32.2. The van der Waals surface area contributed by atoms with Gasteiger partial charge < -0.3 is 15.1 Å². The normalized spacial score (nSPS) is 14.7. The first-order valence-electron chi connectivity index (χ1n) is 13.9. The highest BCUT2D eigenvalue weighted by molar-refractivity contribution is 7.89. The van der Waals surface area contributed by atoms with Crippen LogP contribution in [0.4, 0.5) is 11.5 Å². The highest BCUT2D eigenvalue weighted by Gasteiger charge is 2.29. The quantitative estimate of drug-likeness (QED) is 0.325. The lowest BCUT2D eigenvalue weighted by molar-refractivity contribution is 0.0773. The number of sulfonamides is 1. The molecule has 214 valence electrons. The number of benzene rings is 3. The van der Waals surface area contributed by atoms with E-state index in [1.807, 2.05) is 88.5 Å². The van der Waals surface area contributed by atoms with Crippen molar-refractivity contribution in [2.45, 2.75) is 25.7 Å². The second-order valence-corrected chi connectivity index (χ2v) is 12.2. The Hall–Kier alpha value is -3.86. The van der Waals surface area contributed by atoms with Crippen LogP contribution in [0, 0.1) is 6.92 Å². The Morgan fingerprint density at radius 1 is 0.902 bits per heavy atom. The molecule has 41 heavy (non-hydrogen) atoms. The summed E-state index contributed by atoms with van der Waals surface area (Å²) in [6.45, 7) is 9.43. The smallest absolute Gasteiger partial charge is 0.253 e. The summed E-state index contributed by atoms with van der Waals surface area (Å²) in [5.41, 5.74) is 3.42. The van der Waals surface area contributed by atoms with Crippen molar-refractivity contribution >= 4 is 38.2 Å². The average Bonchev–Trinajstić information content (AvgIpc) is 2.99. The molecule has 9 nitrogen and oxygen atoms in total. The minimum absolute atomic E-state index is 0.00301. The van der Waals surface area contributed by atoms with E-state index >= 15 is 0 Å². The van der Waals surface area contributed by atoms with Crippen molar-refractivity contribution in [3.63, 3.8) is 0 Å². The van der Waals surface area contributed by atoms with Crippen molar-refractivity contribution in [3.8, 4) is 11.3 Å². The summed E-state index contributed by atoms with van der Waals surface area (Å²) >= 11 is 0. The number of fused-ring (bicyclic) bond motifs is 1. The van der Waals surface area contributed by atoms with E-state index in [0.717, 1.165) is 16.5 Å². The summed E-state index contributed by atoms with van der Waals surface area (Å²) in [6, 6.07) is 20.6. The molecule has 0 bridgehead atoms. The Labute approximate surface area is 241 Å². The summed E-state index contributed by atoms with van der Waals surface area (Å²) < 4.78 is 28.8. The highest BCUT2D eigenvalue weighted by Crippen LogP contribution is 2.33. The van der Waals surface area contributed by atoms with Crippen LogP contribution in [0.2, 0.25) is 0 Å². The summed E-state index contributed by atoms with van der Waals surface area (Å²) in [5.74, 6) is 0.577. The first-order valence-corrected chi connectivity index (χ1v) is 15.4. The van der Waals surface area contributed by atoms with Crippen LogP contribution < -0.4 is 5.32 Å². The van der Waals surface area contributed by atoms with Crippen molar-refractivity contribution in [1.29, 1.82) is 0 Å². The van der Waals surface area contributed by atoms with Gasteiger partial charge >= 0.3 is 0 Å². The second kappa shape index (κ2) is 11.9. The molecule has 0 atom stereocenters. The monoisotopic (exact) mass is 572 g/mol. The van der Waals surface area contributed by atoms with E-state index in [1.54, 1.807) is 15.3 Å². The number of piperazine rings is 1. The summed E-state index contributed by atoms with van der Waals surface area (Å²) in [4.78, 5) is 16.9. The maximum absolute atomic E-state index is 13.6. The number of aryl methyl sites for hydroxylation is 1. The zero-order valence-corrected chi connectivity index (χ0v) is 24.8. The van der Waals surface area contributed by atoms with E-state index in [4.69, 9.17) is 0 Å². The van der Waals surface area contributed by atoms with Crippen LogP contribution in [-0.2, 0) is 10.0 Å². The van der Waals surface area contributed by atoms with Crippen LogP contribution in [0.25, 0.3) is 22.0 Å². The number of nitrogens with zero attached hydrogens (tertiary/aromatic N) is 5. The molecule has 1 aromatic heterocycles. The van der Waals surface area contributed by atoms with Gasteiger partial charge in [-0.1, -0.05) is 36.4 Å². The maximum Gasteiger partial charge on any atom is 0.253 e. The first-order chi connectivity index (χ1) is 19.7. The van der Waals surface area contributed by atoms with Crippen LogP contribution in [0.1, 0.15) is 29.8 Å². The number of nitrogens with one attached hydrogen (secondary N) is 1. The van der Waals surface area contributed by atoms with Crippen LogP contribution in [0.5, 0.6) is 0 Å². The lowest BCUT2D eigenvalue weighted by Crippen LogP contribution is -2.47. The molecule has 1 aliphatic rings. The summed E-state index contributed by atoms with van der Waals surface area (Å²) in [5, 5.41) is 14.1. The minimum atomic E-state index is -3.65. The lowest BCUT2D eigenvalue weighted by Gasteiger charge is -2.32. The fraction of sp³-hybridized carbons (Fsp3) is 0.323. The molecule has 2 heterocycles. The fourth-order valence-corrected chi connectivity index (χ4v) is 6.80. The van der Waals surface area contributed by atoms with Crippen LogP contribution in [0.15, 0.2) is 71.6 Å². The Kier molecular flexibility index (Phi) is 8.35. The van der Waals surface area contributed by atoms with Gasteiger partial charge in [0.25, 0.3) is 5.91 Å². The van der Waals surface area contributed by atoms with Gasteiger partial charge in [-0.3, -0.25) is 4.79 Å². The van der Waals surface area contributed by atoms with Crippen molar-refractivity contribution in [2.75, 3.05) is 51.6 Å². The third-order valence-corrected chi connectivity index (χ3v) is 9.71. The topological polar surface area (TPSA) is 98.7 Å². The molecule has 0 unspecified atom stereocenters. The van der Waals surface area contributed by atoms with E-state index in [0.29, 0.717) is 72.4 Å². The van der Waals surface area contributed by atoms with Gasteiger partial charge in [-0.05, 0) is 63.7 Å². The third-order valence-electron chi connectivity index (χ3n) is 7.67. The number of anilines is 2. The first kappa shape index (κ1) is 28.7. The number of carbonyl (C=O) groups is 1. The van der Waals surface area contributed by atoms with Crippen LogP contribution in [0.3, 0.4) is 0 Å². The molecule has 1 saturated heterocycles. The van der Waals surface area contributed by atoms with Crippen LogP contribution in [-0.4, -0.2) is 84.9 Å². The number of aromatic nitrogens is 2. The molecule has 0 aliphatic carbocycles. The van der Waals surface area contributed by atoms with E-state index in [-0.39, 0.29) is 5.91 Å². The number of carbonyl (C=O) groups excluding carboxylic acids is 1. The molecular weight excluding hydrogens is 536 g/mol. The van der Waals surface area contributed by atoms with E-state index < -0.39 is 10.0 Å². The number of rotatable bonds is 8. The molecule has 1 amide bonds. The lowest BCUT2D eigenvalue weighted by atomic mass is 10.0. The SMILES string of the molecule is CCN(CC)C(=O)c1ccc(Nc2nnc(-c3ccc(C)c(S(=O)(=O)N4CCN(C)CC4)c3)c3ccccc23)cc1. The summed E-state index contributed by atoms with van der Waals surface area (Å²) in [6.07, 6.45) is 0. The largest absolute Gasteiger partial charge is 0.339 e. The Balaban J connectivity index is 1.46. The molecule has 1 fully saturated rings. The van der Waals surface area contributed by atoms with Gasteiger partial charge in [0.15, 0.2) is 5.82 Å². The van der Waals surface area contributed by atoms with Gasteiger partial charge in [0.05, 0.1) is 4.90 Å². The molecule has 1 N–H and O–H groups in total. The van der Waals surface area contributed by atoms with E-state index in [9.17, 15) is 13.2 Å². The number of hydrogen-bond donors (Lipinski definition) is 1. The number of hydrogen-bond acceptors (Lipinski definition) is 7. The van der Waals surface area contributed by atoms with Gasteiger partial charge in [0, 0.05) is 66.9 Å². The van der Waals surface area contributed by atoms with Crippen molar-refractivity contribution in [2.24, 2.45) is 0 Å². The Morgan fingerprint density at radius 2 is 1.56 bits per heavy atom. The predicted molar refractivity (Wildman–Crippen MR) is 163 cm³/mol.